The van der Waals surface area contributed by atoms with Crippen molar-refractivity contribution in [3.63, 3.8) is 0 Å². The monoisotopic (exact) mass is 581 g/mol. The molecule has 0 spiro atoms. The molecule has 0 bridgehead atoms. The molecule has 4 heterocycles. The Kier molecular flexibility index (Phi) is 5.61. The Labute approximate surface area is 256 Å². The van der Waals surface area contributed by atoms with Gasteiger partial charge in [0.25, 0.3) is 0 Å². The molecule has 0 atom stereocenters. The van der Waals surface area contributed by atoms with E-state index in [1.54, 1.807) is 0 Å². The summed E-state index contributed by atoms with van der Waals surface area (Å²) in [5.41, 5.74) is 5.03. The minimum Gasteiger partial charge on any atom is -0.292 e. The van der Waals surface area contributed by atoms with E-state index < -0.39 is 0 Å². The van der Waals surface area contributed by atoms with Crippen LogP contribution in [0.2, 0.25) is 0 Å². The first kappa shape index (κ1) is 24.8. The first-order chi connectivity index (χ1) is 21.8. The van der Waals surface area contributed by atoms with Crippen LogP contribution in [-0.4, -0.2) is 24.5 Å². The molecule has 5 nitrogen and oxygen atoms in total. The van der Waals surface area contributed by atoms with Gasteiger partial charge < -0.3 is 0 Å². The quantitative estimate of drug-likeness (QED) is 0.208. The van der Waals surface area contributed by atoms with Gasteiger partial charge in [0.1, 0.15) is 5.82 Å². The third-order valence-corrected chi connectivity index (χ3v) is 9.31. The van der Waals surface area contributed by atoms with Crippen LogP contribution >= 0.6 is 11.3 Å². The van der Waals surface area contributed by atoms with E-state index >= 15 is 0 Å². The normalized spacial score (nSPS) is 11.6. The van der Waals surface area contributed by atoms with E-state index in [0.29, 0.717) is 17.5 Å². The summed E-state index contributed by atoms with van der Waals surface area (Å²) in [6, 6.07) is 45.9. The molecule has 0 aliphatic heterocycles. The van der Waals surface area contributed by atoms with Crippen LogP contribution < -0.4 is 0 Å². The Balaban J connectivity index is 1.24. The molecule has 9 aromatic rings. The van der Waals surface area contributed by atoms with E-state index in [9.17, 15) is 0 Å². The fraction of sp³-hybridized carbons (Fsp3) is 0. The number of thiophene rings is 1. The van der Waals surface area contributed by atoms with Crippen LogP contribution in [-0.2, 0) is 0 Å². The van der Waals surface area contributed by atoms with Crippen molar-refractivity contribution in [2.75, 3.05) is 0 Å². The van der Waals surface area contributed by atoms with Crippen LogP contribution in [0.3, 0.4) is 0 Å². The smallest absolute Gasteiger partial charge is 0.165 e. The summed E-state index contributed by atoms with van der Waals surface area (Å²) < 4.78 is 4.85. The molecule has 9 rings (SSSR count). The van der Waals surface area contributed by atoms with Crippen LogP contribution in [0.4, 0.5) is 0 Å². The Morgan fingerprint density at radius 3 is 1.73 bits per heavy atom. The predicted octanol–water partition coefficient (Wildman–Crippen LogP) is 9.73. The fourth-order valence-corrected chi connectivity index (χ4v) is 7.30. The molecule has 0 radical (unpaired) electrons. The van der Waals surface area contributed by atoms with Gasteiger partial charge in [-0.15, -0.1) is 11.3 Å². The average Bonchev–Trinajstić information content (AvgIpc) is 3.65. The van der Waals surface area contributed by atoms with E-state index in [4.69, 9.17) is 19.9 Å². The summed E-state index contributed by atoms with van der Waals surface area (Å²) in [4.78, 5) is 19.6. The van der Waals surface area contributed by atoms with Gasteiger partial charge in [-0.3, -0.25) is 4.57 Å². The second-order valence-electron chi connectivity index (χ2n) is 10.7. The fourth-order valence-electron chi connectivity index (χ4n) is 6.06. The molecule has 5 aromatic carbocycles. The van der Waals surface area contributed by atoms with Gasteiger partial charge in [-0.25, -0.2) is 19.9 Å². The summed E-state index contributed by atoms with van der Waals surface area (Å²) in [7, 11) is 0. The van der Waals surface area contributed by atoms with Crippen molar-refractivity contribution in [3.05, 3.63) is 140 Å². The van der Waals surface area contributed by atoms with Gasteiger partial charge in [-0.2, -0.15) is 0 Å². The highest BCUT2D eigenvalue weighted by Crippen LogP contribution is 2.42. The third-order valence-electron chi connectivity index (χ3n) is 8.11. The Hall–Kier alpha value is -5.72. The van der Waals surface area contributed by atoms with Crippen molar-refractivity contribution < 1.29 is 0 Å². The van der Waals surface area contributed by atoms with Crippen molar-refractivity contribution >= 4 is 53.3 Å². The molecule has 206 valence electrons. The Morgan fingerprint density at radius 1 is 0.455 bits per heavy atom. The Bertz CT molecular complexity index is 2420. The lowest BCUT2D eigenvalue weighted by atomic mass is 10.1. The van der Waals surface area contributed by atoms with E-state index in [2.05, 4.69) is 77.4 Å². The maximum absolute atomic E-state index is 5.03. The van der Waals surface area contributed by atoms with Crippen LogP contribution in [0.15, 0.2) is 140 Å². The van der Waals surface area contributed by atoms with Crippen molar-refractivity contribution in [1.82, 2.24) is 24.5 Å². The molecule has 0 saturated heterocycles. The van der Waals surface area contributed by atoms with Crippen LogP contribution in [0.25, 0.3) is 82.0 Å². The lowest BCUT2D eigenvalue weighted by Gasteiger charge is -2.10. The number of para-hydroxylation sites is 1. The van der Waals surface area contributed by atoms with Crippen LogP contribution in [0.1, 0.15) is 0 Å². The lowest BCUT2D eigenvalue weighted by Crippen LogP contribution is -2.01. The van der Waals surface area contributed by atoms with Gasteiger partial charge in [-0.05, 0) is 24.3 Å². The molecular weight excluding hydrogens is 559 g/mol. The van der Waals surface area contributed by atoms with E-state index in [1.165, 1.54) is 36.5 Å². The van der Waals surface area contributed by atoms with Crippen molar-refractivity contribution in [1.29, 1.82) is 0 Å². The van der Waals surface area contributed by atoms with Crippen molar-refractivity contribution in [2.24, 2.45) is 0 Å². The molecular formula is C38H23N5S. The summed E-state index contributed by atoms with van der Waals surface area (Å²) in [5.74, 6) is 2.71. The highest BCUT2D eigenvalue weighted by Gasteiger charge is 2.19. The second kappa shape index (κ2) is 9.93. The summed E-state index contributed by atoms with van der Waals surface area (Å²) in [6.45, 7) is 0. The highest BCUT2D eigenvalue weighted by atomic mass is 32.1. The number of pyridine rings is 1. The van der Waals surface area contributed by atoms with Gasteiger partial charge in [-0.1, -0.05) is 109 Å². The summed E-state index contributed by atoms with van der Waals surface area (Å²) in [6.07, 6.45) is 1.87. The molecule has 0 aliphatic carbocycles. The van der Waals surface area contributed by atoms with Gasteiger partial charge in [0.05, 0.1) is 15.7 Å². The molecule has 0 unspecified atom stereocenters. The molecule has 0 saturated carbocycles. The summed E-state index contributed by atoms with van der Waals surface area (Å²) >= 11 is 1.84. The van der Waals surface area contributed by atoms with Gasteiger partial charge in [0.2, 0.25) is 0 Å². The number of nitrogens with zero attached hydrogens (tertiary/aromatic N) is 5. The maximum Gasteiger partial charge on any atom is 0.165 e. The van der Waals surface area contributed by atoms with E-state index in [-0.39, 0.29) is 0 Å². The highest BCUT2D eigenvalue weighted by molar-refractivity contribution is 7.26. The number of benzene rings is 5. The number of hydrogen-bond donors (Lipinski definition) is 0. The van der Waals surface area contributed by atoms with Crippen LogP contribution in [0, 0.1) is 0 Å². The second-order valence-corrected chi connectivity index (χ2v) is 11.8. The van der Waals surface area contributed by atoms with Crippen molar-refractivity contribution in [2.45, 2.75) is 0 Å². The number of fused-ring (bicyclic) bond motifs is 7. The van der Waals surface area contributed by atoms with Gasteiger partial charge in [0.15, 0.2) is 17.5 Å². The van der Waals surface area contributed by atoms with E-state index in [0.717, 1.165) is 28.0 Å². The topological polar surface area (TPSA) is 56.5 Å². The zero-order valence-electron chi connectivity index (χ0n) is 23.4. The minimum absolute atomic E-state index is 0.589. The lowest BCUT2D eigenvalue weighted by molar-refractivity contribution is 1.05. The number of rotatable bonds is 4. The minimum atomic E-state index is 0.589. The molecule has 44 heavy (non-hydrogen) atoms. The van der Waals surface area contributed by atoms with Gasteiger partial charge in [0, 0.05) is 49.1 Å². The zero-order chi connectivity index (χ0) is 29.0. The molecule has 6 heteroatoms. The van der Waals surface area contributed by atoms with Gasteiger partial charge >= 0.3 is 0 Å². The summed E-state index contributed by atoms with van der Waals surface area (Å²) in [5, 5.41) is 4.99. The predicted molar refractivity (Wildman–Crippen MR) is 181 cm³/mol. The zero-order valence-corrected chi connectivity index (χ0v) is 24.2. The largest absolute Gasteiger partial charge is 0.292 e. The van der Waals surface area contributed by atoms with Crippen LogP contribution in [0.5, 0.6) is 0 Å². The number of hydrogen-bond acceptors (Lipinski definition) is 5. The SMILES string of the molecule is c1ccc(-c2nc(-c3ccccc3)nc(-c3ccc(-n4c5ccccc5c5ccc6c7ccccc7sc6c54)nc3)n2)cc1. The number of aromatic nitrogens is 5. The molecule has 0 N–H and O–H groups in total. The molecule has 0 aliphatic rings. The Morgan fingerprint density at radius 2 is 1.05 bits per heavy atom. The maximum atomic E-state index is 5.03. The first-order valence-corrected chi connectivity index (χ1v) is 15.3. The first-order valence-electron chi connectivity index (χ1n) is 14.5. The third kappa shape index (κ3) is 3.92. The standard InChI is InChI=1S/C38H23N5S/c1-3-11-24(12-4-1)36-40-37(25-13-5-2-6-14-25)42-38(41-36)26-19-22-33(39-23-26)43-31-17-9-7-15-27(31)29-20-21-30-28-16-8-10-18-32(28)44-35(30)34(29)43/h1-23H. The molecule has 0 amide bonds. The average molecular weight is 582 g/mol. The van der Waals surface area contributed by atoms with E-state index in [1.807, 2.05) is 78.2 Å². The molecule has 4 aromatic heterocycles. The molecule has 0 fully saturated rings. The van der Waals surface area contributed by atoms with Crippen molar-refractivity contribution in [3.8, 4) is 40.0 Å².